The van der Waals surface area contributed by atoms with Crippen molar-refractivity contribution in [2.24, 2.45) is 0 Å². The molecule has 0 bridgehead atoms. The second kappa shape index (κ2) is 8.20. The number of benzene rings is 1. The Balaban J connectivity index is 1.33. The fourth-order valence-corrected chi connectivity index (χ4v) is 6.31. The van der Waals surface area contributed by atoms with E-state index in [1.165, 1.54) is 28.5 Å². The maximum atomic E-state index is 13.2. The Bertz CT molecular complexity index is 1590. The van der Waals surface area contributed by atoms with Crippen molar-refractivity contribution in [3.63, 3.8) is 0 Å². The third kappa shape index (κ3) is 3.48. The summed E-state index contributed by atoms with van der Waals surface area (Å²) < 4.78 is 12.8. The molecule has 1 aliphatic heterocycles. The zero-order valence-corrected chi connectivity index (χ0v) is 19.8. The van der Waals surface area contributed by atoms with Gasteiger partial charge in [0.05, 0.1) is 5.39 Å². The molecule has 0 spiro atoms. The van der Waals surface area contributed by atoms with Gasteiger partial charge in [-0.25, -0.2) is 14.6 Å². The first kappa shape index (κ1) is 21.3. The number of fused-ring (bicyclic) bond motifs is 4. The lowest BCUT2D eigenvalue weighted by molar-refractivity contribution is 0.0479. The molecule has 0 atom stereocenters. The van der Waals surface area contributed by atoms with Gasteiger partial charge >= 0.3 is 11.6 Å². The Morgan fingerprint density at radius 3 is 2.76 bits per heavy atom. The summed E-state index contributed by atoms with van der Waals surface area (Å²) in [7, 11) is 0. The molecule has 0 fully saturated rings. The van der Waals surface area contributed by atoms with E-state index in [1.54, 1.807) is 11.5 Å². The van der Waals surface area contributed by atoms with Crippen molar-refractivity contribution >= 4 is 38.5 Å². The molecule has 0 amide bonds. The highest BCUT2D eigenvalue weighted by atomic mass is 32.1. The molecule has 34 heavy (non-hydrogen) atoms. The van der Waals surface area contributed by atoms with Gasteiger partial charge in [0.1, 0.15) is 27.7 Å². The Morgan fingerprint density at radius 1 is 1.09 bits per heavy atom. The zero-order valence-electron chi connectivity index (χ0n) is 18.9. The molecule has 0 saturated heterocycles. The Hall–Kier alpha value is -3.26. The van der Waals surface area contributed by atoms with E-state index in [-0.39, 0.29) is 12.2 Å². The van der Waals surface area contributed by atoms with Gasteiger partial charge < -0.3 is 9.15 Å². The van der Waals surface area contributed by atoms with E-state index in [4.69, 9.17) is 14.1 Å². The molecule has 8 heteroatoms. The van der Waals surface area contributed by atoms with E-state index < -0.39 is 11.6 Å². The zero-order chi connectivity index (χ0) is 23.4. The largest absolute Gasteiger partial charge is 0.457 e. The van der Waals surface area contributed by atoms with E-state index in [0.717, 1.165) is 56.2 Å². The summed E-state index contributed by atoms with van der Waals surface area (Å²) in [6.45, 7) is 2.40. The fourth-order valence-electron chi connectivity index (χ4n) is 5.23. The number of esters is 1. The minimum absolute atomic E-state index is 0.0453. The molecule has 7 nitrogen and oxygen atoms in total. The topological polar surface area (TPSA) is 91.4 Å². The van der Waals surface area contributed by atoms with Gasteiger partial charge in [-0.3, -0.25) is 9.36 Å². The summed E-state index contributed by atoms with van der Waals surface area (Å²) >= 11 is 1.20. The molecule has 4 heterocycles. The highest BCUT2D eigenvalue weighted by Gasteiger charge is 2.24. The van der Waals surface area contributed by atoms with E-state index >= 15 is 0 Å². The molecule has 4 aromatic rings. The lowest BCUT2D eigenvalue weighted by Crippen LogP contribution is -2.24. The molecule has 174 valence electrons. The summed E-state index contributed by atoms with van der Waals surface area (Å²) in [6, 6.07) is 5.37. The van der Waals surface area contributed by atoms with Gasteiger partial charge in [0.25, 0.3) is 5.56 Å². The second-order valence-electron chi connectivity index (χ2n) is 9.17. The average Bonchev–Trinajstić information content (AvgIpc) is 3.31. The number of hydrogen-bond donors (Lipinski definition) is 0. The molecule has 2 aliphatic rings. The highest BCUT2D eigenvalue weighted by Crippen LogP contribution is 2.31. The number of carbonyl (C=O) groups excluding carboxylic acids is 1. The molecule has 1 aromatic carbocycles. The van der Waals surface area contributed by atoms with Gasteiger partial charge in [-0.15, -0.1) is 11.3 Å². The van der Waals surface area contributed by atoms with Gasteiger partial charge in [0, 0.05) is 30.0 Å². The molecule has 1 aliphatic carbocycles. The minimum atomic E-state index is -0.511. The van der Waals surface area contributed by atoms with Gasteiger partial charge in [-0.1, -0.05) is 6.42 Å². The standard InChI is InChI=1S/C26H24N2O5S/c1-14-22-24(27-20-8-3-2-4-9-28(20)25(22)30)34-23(14)26(31)32-13-17-12-21(29)33-19-11-16-7-5-6-15(16)10-18(17)19/h10-12H,2-9,13H2,1H3. The average molecular weight is 477 g/mol. The lowest BCUT2D eigenvalue weighted by Gasteiger charge is -2.09. The van der Waals surface area contributed by atoms with Crippen molar-refractivity contribution in [3.05, 3.63) is 71.9 Å². The minimum Gasteiger partial charge on any atom is -0.457 e. The molecular weight excluding hydrogens is 452 g/mol. The van der Waals surface area contributed by atoms with Crippen LogP contribution in [0.5, 0.6) is 0 Å². The van der Waals surface area contributed by atoms with Crippen molar-refractivity contribution in [1.29, 1.82) is 0 Å². The number of rotatable bonds is 3. The van der Waals surface area contributed by atoms with Crippen LogP contribution in [0.25, 0.3) is 21.2 Å². The van der Waals surface area contributed by atoms with Gasteiger partial charge in [-0.05, 0) is 67.9 Å². The normalized spacial score (nSPS) is 15.3. The summed E-state index contributed by atoms with van der Waals surface area (Å²) in [5, 5.41) is 1.30. The maximum absolute atomic E-state index is 13.2. The monoisotopic (exact) mass is 476 g/mol. The summed E-state index contributed by atoms with van der Waals surface area (Å²) in [5.41, 5.74) is 3.68. The number of hydrogen-bond acceptors (Lipinski definition) is 7. The third-order valence-electron chi connectivity index (χ3n) is 7.00. The smallest absolute Gasteiger partial charge is 0.349 e. The van der Waals surface area contributed by atoms with Gasteiger partial charge in [0.15, 0.2) is 0 Å². The predicted molar refractivity (Wildman–Crippen MR) is 130 cm³/mol. The van der Waals surface area contributed by atoms with E-state index in [2.05, 4.69) is 0 Å². The van der Waals surface area contributed by atoms with Crippen LogP contribution in [0.3, 0.4) is 0 Å². The molecule has 6 rings (SSSR count). The Labute approximate surface area is 199 Å². The number of nitrogens with zero attached hydrogens (tertiary/aromatic N) is 2. The fraction of sp³-hybridized carbons (Fsp3) is 0.385. The first-order valence-corrected chi connectivity index (χ1v) is 12.6. The number of aromatic nitrogens is 2. The Kier molecular flexibility index (Phi) is 5.13. The van der Waals surface area contributed by atoms with Crippen molar-refractivity contribution in [2.45, 2.75) is 65.0 Å². The first-order chi connectivity index (χ1) is 16.5. The van der Waals surface area contributed by atoms with Crippen LogP contribution in [-0.2, 0) is 37.2 Å². The van der Waals surface area contributed by atoms with Crippen LogP contribution in [0.4, 0.5) is 0 Å². The number of carbonyl (C=O) groups is 1. The van der Waals surface area contributed by atoms with Crippen molar-refractivity contribution in [2.75, 3.05) is 0 Å². The van der Waals surface area contributed by atoms with Crippen LogP contribution in [-0.4, -0.2) is 15.5 Å². The van der Waals surface area contributed by atoms with Crippen LogP contribution in [0, 0.1) is 6.92 Å². The van der Waals surface area contributed by atoms with Crippen molar-refractivity contribution < 1.29 is 13.9 Å². The second-order valence-corrected chi connectivity index (χ2v) is 10.2. The van der Waals surface area contributed by atoms with E-state index in [0.29, 0.717) is 38.3 Å². The number of ether oxygens (including phenoxy) is 1. The first-order valence-electron chi connectivity index (χ1n) is 11.8. The third-order valence-corrected chi connectivity index (χ3v) is 8.16. The maximum Gasteiger partial charge on any atom is 0.349 e. The van der Waals surface area contributed by atoms with Crippen LogP contribution >= 0.6 is 11.3 Å². The molecule has 0 radical (unpaired) electrons. The quantitative estimate of drug-likeness (QED) is 0.321. The van der Waals surface area contributed by atoms with Crippen LogP contribution < -0.4 is 11.2 Å². The van der Waals surface area contributed by atoms with Crippen LogP contribution in [0.15, 0.2) is 32.2 Å². The summed E-state index contributed by atoms with van der Waals surface area (Å²) in [6.07, 6.45) is 6.90. The Morgan fingerprint density at radius 2 is 1.91 bits per heavy atom. The van der Waals surface area contributed by atoms with E-state index in [1.807, 2.05) is 12.1 Å². The summed E-state index contributed by atoms with van der Waals surface area (Å²) in [5.74, 6) is 0.286. The number of thiophene rings is 1. The van der Waals surface area contributed by atoms with E-state index in [9.17, 15) is 14.4 Å². The van der Waals surface area contributed by atoms with Crippen LogP contribution in [0.2, 0.25) is 0 Å². The molecule has 3 aromatic heterocycles. The highest BCUT2D eigenvalue weighted by molar-refractivity contribution is 7.20. The van der Waals surface area contributed by atoms with Gasteiger partial charge in [0.2, 0.25) is 0 Å². The van der Waals surface area contributed by atoms with Crippen LogP contribution in [0.1, 0.15) is 63.4 Å². The van der Waals surface area contributed by atoms with Gasteiger partial charge in [-0.2, -0.15) is 0 Å². The molecule has 0 unspecified atom stereocenters. The van der Waals surface area contributed by atoms with Crippen molar-refractivity contribution in [3.8, 4) is 0 Å². The molecule has 0 N–H and O–H groups in total. The van der Waals surface area contributed by atoms with Crippen molar-refractivity contribution in [1.82, 2.24) is 9.55 Å². The summed E-state index contributed by atoms with van der Waals surface area (Å²) in [4.78, 5) is 44.0. The number of aryl methyl sites for hydroxylation is 4. The lowest BCUT2D eigenvalue weighted by atomic mass is 10.0. The molecule has 0 saturated carbocycles. The predicted octanol–water partition coefficient (Wildman–Crippen LogP) is 4.44. The SMILES string of the molecule is Cc1c(C(=O)OCc2cc(=O)oc3cc4c(cc23)CCC4)sc2nc3n(c(=O)c12)CCCCC3. The molecular formula is C26H24N2O5S.